The molecule has 0 radical (unpaired) electrons. The number of hydrogen-bond acceptors (Lipinski definition) is 5. The van der Waals surface area contributed by atoms with Gasteiger partial charge in [-0.05, 0) is 54.5 Å². The van der Waals surface area contributed by atoms with Crippen LogP contribution in [0.15, 0.2) is 47.3 Å². The summed E-state index contributed by atoms with van der Waals surface area (Å²) in [6, 6.07) is 12.8. The Balaban J connectivity index is 1.58. The molecule has 0 saturated carbocycles. The van der Waals surface area contributed by atoms with Gasteiger partial charge in [-0.15, -0.1) is 5.10 Å². The summed E-state index contributed by atoms with van der Waals surface area (Å²) >= 11 is 13.4. The molecule has 0 bridgehead atoms. The molecule has 0 amide bonds. The van der Waals surface area contributed by atoms with Crippen LogP contribution < -0.4 is 14.8 Å². The number of fused-ring (bicyclic) bond motifs is 1. The van der Waals surface area contributed by atoms with Crippen molar-refractivity contribution in [3.05, 3.63) is 73.0 Å². The highest BCUT2D eigenvalue weighted by atomic mass is 35.5. The van der Waals surface area contributed by atoms with Gasteiger partial charge in [0.1, 0.15) is 5.75 Å². The molecule has 8 heteroatoms. The van der Waals surface area contributed by atoms with E-state index in [0.29, 0.717) is 32.0 Å². The molecule has 0 aliphatic heterocycles. The fourth-order valence-corrected chi connectivity index (χ4v) is 4.32. The van der Waals surface area contributed by atoms with Crippen molar-refractivity contribution in [3.63, 3.8) is 0 Å². The van der Waals surface area contributed by atoms with Crippen molar-refractivity contribution in [2.45, 2.75) is 26.2 Å². The van der Waals surface area contributed by atoms with Crippen molar-refractivity contribution in [1.82, 2.24) is 14.6 Å². The predicted octanol–water partition coefficient (Wildman–Crippen LogP) is 5.24. The summed E-state index contributed by atoms with van der Waals surface area (Å²) in [4.78, 5) is 17.8. The maximum atomic E-state index is 12.7. The van der Waals surface area contributed by atoms with Gasteiger partial charge < -0.3 is 4.74 Å². The highest BCUT2D eigenvalue weighted by Crippen LogP contribution is 2.22. The van der Waals surface area contributed by atoms with Crippen molar-refractivity contribution < 1.29 is 4.74 Å². The van der Waals surface area contributed by atoms with Crippen LogP contribution in [0, 0.1) is 0 Å². The minimum absolute atomic E-state index is 0.226. The van der Waals surface area contributed by atoms with Gasteiger partial charge in [-0.25, -0.2) is 0 Å². The third-order valence-electron chi connectivity index (χ3n) is 4.56. The molecule has 154 valence electrons. The van der Waals surface area contributed by atoms with E-state index in [2.05, 4.69) is 17.0 Å². The average Bonchev–Trinajstić information content (AvgIpc) is 3.27. The standard InChI is InChI=1S/C22H19Cl2N3O2S/c1-2-3-4-11-29-17-9-6-14(7-10-17)20-25-22-27(26-20)21(28)19(30-22)12-15-5-8-16(23)13-18(15)24/h5-10,12-13H,2-4,11H2,1H3. The van der Waals surface area contributed by atoms with E-state index in [1.165, 1.54) is 22.3 Å². The van der Waals surface area contributed by atoms with Gasteiger partial charge in [-0.2, -0.15) is 9.50 Å². The molecule has 0 fully saturated rings. The fraction of sp³-hybridized carbons (Fsp3) is 0.227. The van der Waals surface area contributed by atoms with Crippen LogP contribution in [0.2, 0.25) is 10.0 Å². The van der Waals surface area contributed by atoms with Crippen LogP contribution in [0.1, 0.15) is 31.7 Å². The monoisotopic (exact) mass is 459 g/mol. The summed E-state index contributed by atoms with van der Waals surface area (Å²) in [6.07, 6.45) is 5.10. The first kappa shape index (κ1) is 20.8. The van der Waals surface area contributed by atoms with Crippen molar-refractivity contribution in [3.8, 4) is 17.1 Å². The van der Waals surface area contributed by atoms with Crippen LogP contribution >= 0.6 is 34.5 Å². The van der Waals surface area contributed by atoms with Crippen molar-refractivity contribution in [2.24, 2.45) is 0 Å². The molecule has 0 unspecified atom stereocenters. The van der Waals surface area contributed by atoms with E-state index in [4.69, 9.17) is 27.9 Å². The van der Waals surface area contributed by atoms with E-state index in [-0.39, 0.29) is 5.56 Å². The van der Waals surface area contributed by atoms with E-state index in [9.17, 15) is 4.79 Å². The summed E-state index contributed by atoms with van der Waals surface area (Å²) in [5.74, 6) is 1.32. The van der Waals surface area contributed by atoms with Gasteiger partial charge in [-0.1, -0.05) is 60.4 Å². The van der Waals surface area contributed by atoms with Gasteiger partial charge >= 0.3 is 0 Å². The zero-order valence-electron chi connectivity index (χ0n) is 16.3. The molecule has 0 atom stereocenters. The molecule has 0 N–H and O–H groups in total. The predicted molar refractivity (Wildman–Crippen MR) is 123 cm³/mol. The van der Waals surface area contributed by atoms with Crippen molar-refractivity contribution >= 4 is 45.6 Å². The van der Waals surface area contributed by atoms with Gasteiger partial charge in [0.25, 0.3) is 5.56 Å². The van der Waals surface area contributed by atoms with Crippen LogP contribution in [-0.2, 0) is 0 Å². The summed E-state index contributed by atoms with van der Waals surface area (Å²) in [5.41, 5.74) is 1.32. The van der Waals surface area contributed by atoms with Gasteiger partial charge in [-0.3, -0.25) is 4.79 Å². The maximum absolute atomic E-state index is 12.7. The first-order chi connectivity index (χ1) is 14.5. The Bertz CT molecular complexity index is 1280. The number of aromatic nitrogens is 3. The number of halogens is 2. The van der Waals surface area contributed by atoms with E-state index in [1.54, 1.807) is 24.3 Å². The normalized spacial score (nSPS) is 12.0. The number of hydrogen-bond donors (Lipinski definition) is 0. The number of thiazole rings is 1. The molecule has 2 aromatic carbocycles. The minimum atomic E-state index is -0.226. The Labute approximate surface area is 187 Å². The van der Waals surface area contributed by atoms with E-state index >= 15 is 0 Å². The lowest BCUT2D eigenvalue weighted by molar-refractivity contribution is 0.306. The molecule has 0 aliphatic carbocycles. The first-order valence-electron chi connectivity index (χ1n) is 9.65. The SMILES string of the molecule is CCCCCOc1ccc(-c2nc3sc(=Cc4ccc(Cl)cc4Cl)c(=O)n3n2)cc1. The van der Waals surface area contributed by atoms with Crippen LogP contribution in [0.5, 0.6) is 5.75 Å². The molecule has 0 aliphatic rings. The van der Waals surface area contributed by atoms with Crippen LogP contribution in [0.4, 0.5) is 0 Å². The number of nitrogens with zero attached hydrogens (tertiary/aromatic N) is 3. The topological polar surface area (TPSA) is 56.5 Å². The van der Waals surface area contributed by atoms with Gasteiger partial charge in [0.05, 0.1) is 11.1 Å². The first-order valence-corrected chi connectivity index (χ1v) is 11.2. The third kappa shape index (κ3) is 4.51. The maximum Gasteiger partial charge on any atom is 0.291 e. The molecule has 2 aromatic heterocycles. The Morgan fingerprint density at radius 3 is 2.63 bits per heavy atom. The second-order valence-electron chi connectivity index (χ2n) is 6.79. The zero-order chi connectivity index (χ0) is 21.1. The highest BCUT2D eigenvalue weighted by Gasteiger charge is 2.12. The molecule has 0 saturated heterocycles. The van der Waals surface area contributed by atoms with Crippen LogP contribution in [-0.4, -0.2) is 21.2 Å². The van der Waals surface area contributed by atoms with E-state index in [0.717, 1.165) is 29.7 Å². The molecular weight excluding hydrogens is 441 g/mol. The minimum Gasteiger partial charge on any atom is -0.494 e. The van der Waals surface area contributed by atoms with E-state index < -0.39 is 0 Å². The van der Waals surface area contributed by atoms with Gasteiger partial charge in [0.15, 0.2) is 5.82 Å². The van der Waals surface area contributed by atoms with Crippen molar-refractivity contribution in [2.75, 3.05) is 6.61 Å². The molecular formula is C22H19Cl2N3O2S. The molecule has 30 heavy (non-hydrogen) atoms. The second kappa shape index (κ2) is 9.16. The lowest BCUT2D eigenvalue weighted by Crippen LogP contribution is -2.23. The summed E-state index contributed by atoms with van der Waals surface area (Å²) in [6.45, 7) is 2.88. The Kier molecular flexibility index (Phi) is 6.37. The van der Waals surface area contributed by atoms with Crippen molar-refractivity contribution in [1.29, 1.82) is 0 Å². The average molecular weight is 460 g/mol. The largest absolute Gasteiger partial charge is 0.494 e. The fourth-order valence-electron chi connectivity index (χ4n) is 2.96. The van der Waals surface area contributed by atoms with E-state index in [1.807, 2.05) is 24.3 Å². The molecule has 4 aromatic rings. The summed E-state index contributed by atoms with van der Waals surface area (Å²) < 4.78 is 7.57. The quantitative estimate of drug-likeness (QED) is 0.354. The smallest absolute Gasteiger partial charge is 0.291 e. The number of ether oxygens (including phenoxy) is 1. The molecule has 5 nitrogen and oxygen atoms in total. The Hall–Kier alpha value is -2.41. The molecule has 2 heterocycles. The summed E-state index contributed by atoms with van der Waals surface area (Å²) in [5, 5.41) is 5.42. The van der Waals surface area contributed by atoms with Gasteiger partial charge in [0.2, 0.25) is 4.96 Å². The third-order valence-corrected chi connectivity index (χ3v) is 6.08. The lowest BCUT2D eigenvalue weighted by atomic mass is 10.2. The molecule has 4 rings (SSSR count). The zero-order valence-corrected chi connectivity index (χ0v) is 18.6. The number of unbranched alkanes of at least 4 members (excludes halogenated alkanes) is 2. The van der Waals surface area contributed by atoms with Gasteiger partial charge in [0, 0.05) is 15.6 Å². The van der Waals surface area contributed by atoms with Crippen LogP contribution in [0.3, 0.4) is 0 Å². The van der Waals surface area contributed by atoms with Crippen LogP contribution in [0.25, 0.3) is 22.4 Å². The Morgan fingerprint density at radius 2 is 1.93 bits per heavy atom. The number of rotatable bonds is 7. The number of benzene rings is 2. The summed E-state index contributed by atoms with van der Waals surface area (Å²) in [7, 11) is 0. The second-order valence-corrected chi connectivity index (χ2v) is 8.64. The highest BCUT2D eigenvalue weighted by molar-refractivity contribution is 7.15. The Morgan fingerprint density at radius 1 is 1.13 bits per heavy atom. The molecule has 0 spiro atoms. The lowest BCUT2D eigenvalue weighted by Gasteiger charge is -2.05.